The Balaban J connectivity index is 1.59. The normalized spacial score (nSPS) is 16.3. The lowest BCUT2D eigenvalue weighted by atomic mass is 9.77. The highest BCUT2D eigenvalue weighted by molar-refractivity contribution is 6.40. The molecule has 1 aliphatic rings. The third-order valence-electron chi connectivity index (χ3n) is 5.26. The number of nitrogens with two attached hydrogens (primary N) is 2. The number of nitrogens with zero attached hydrogens (tertiary/aromatic N) is 5. The lowest BCUT2D eigenvalue weighted by molar-refractivity contribution is -0.0427. The summed E-state index contributed by atoms with van der Waals surface area (Å²) >= 11 is 0. The summed E-state index contributed by atoms with van der Waals surface area (Å²) in [5, 5.41) is 15.2. The summed E-state index contributed by atoms with van der Waals surface area (Å²) in [7, 11) is 0. The van der Waals surface area contributed by atoms with Crippen LogP contribution in [0.2, 0.25) is 0 Å². The van der Waals surface area contributed by atoms with Gasteiger partial charge in [0.25, 0.3) is 0 Å². The minimum Gasteiger partial charge on any atom is -0.384 e. The quantitative estimate of drug-likeness (QED) is 0.348. The van der Waals surface area contributed by atoms with Gasteiger partial charge in [-0.2, -0.15) is 5.10 Å². The molecule has 0 radical (unpaired) electrons. The number of hydrogen-bond donors (Lipinski definition) is 3. The average molecular weight is 389 g/mol. The van der Waals surface area contributed by atoms with Gasteiger partial charge in [-0.05, 0) is 43.9 Å². The molecule has 0 unspecified atom stereocenters. The molecule has 0 saturated heterocycles. The number of aliphatic imine (C=N–C) groups is 1. The van der Waals surface area contributed by atoms with Crippen LogP contribution in [0.5, 0.6) is 0 Å². The number of aryl methyl sites for hydroxylation is 1. The van der Waals surface area contributed by atoms with Gasteiger partial charge in [0.2, 0.25) is 5.95 Å². The third kappa shape index (κ3) is 3.66. The van der Waals surface area contributed by atoms with E-state index >= 15 is 0 Å². The van der Waals surface area contributed by atoms with E-state index in [0.717, 1.165) is 41.4 Å². The molecule has 0 atom stereocenters. The topological polar surface area (TPSA) is 136 Å². The van der Waals surface area contributed by atoms with Crippen LogP contribution in [0.1, 0.15) is 41.9 Å². The van der Waals surface area contributed by atoms with E-state index in [2.05, 4.69) is 25.0 Å². The molecule has 1 fully saturated rings. The van der Waals surface area contributed by atoms with Crippen molar-refractivity contribution in [3.05, 3.63) is 59.0 Å². The highest BCUT2D eigenvalue weighted by Crippen LogP contribution is 2.39. The van der Waals surface area contributed by atoms with Crippen LogP contribution in [0, 0.1) is 6.92 Å². The highest BCUT2D eigenvalue weighted by atomic mass is 16.3. The molecule has 0 amide bonds. The monoisotopic (exact) mass is 389 g/mol. The van der Waals surface area contributed by atoms with Gasteiger partial charge in [-0.1, -0.05) is 24.3 Å². The lowest BCUT2D eigenvalue weighted by Gasteiger charge is -2.36. The largest absolute Gasteiger partial charge is 0.384 e. The molecule has 29 heavy (non-hydrogen) atoms. The van der Waals surface area contributed by atoms with Gasteiger partial charge < -0.3 is 16.7 Å². The fourth-order valence-electron chi connectivity index (χ4n) is 3.48. The van der Waals surface area contributed by atoms with Gasteiger partial charge in [0, 0.05) is 5.39 Å². The Bertz CT molecular complexity index is 1120. The first-order chi connectivity index (χ1) is 14.0. The van der Waals surface area contributed by atoms with E-state index in [1.54, 1.807) is 6.21 Å². The third-order valence-corrected chi connectivity index (χ3v) is 5.26. The van der Waals surface area contributed by atoms with Crippen LogP contribution in [0.3, 0.4) is 0 Å². The molecule has 0 aliphatic heterocycles. The lowest BCUT2D eigenvalue weighted by Crippen LogP contribution is -2.34. The maximum absolute atomic E-state index is 10.5. The zero-order chi connectivity index (χ0) is 20.4. The fourth-order valence-corrected chi connectivity index (χ4v) is 3.48. The first kappa shape index (κ1) is 18.9. The number of aromatic nitrogens is 3. The summed E-state index contributed by atoms with van der Waals surface area (Å²) in [5.41, 5.74) is 9.24. The minimum absolute atomic E-state index is 0.152. The van der Waals surface area contributed by atoms with Crippen LogP contribution < -0.4 is 11.6 Å². The average Bonchev–Trinajstić information content (AvgIpc) is 2.70. The second-order valence-electron chi connectivity index (χ2n) is 7.28. The Morgan fingerprint density at radius 3 is 2.69 bits per heavy atom. The maximum Gasteiger partial charge on any atom is 0.221 e. The maximum atomic E-state index is 10.5. The Morgan fingerprint density at radius 1 is 1.17 bits per heavy atom. The van der Waals surface area contributed by atoms with E-state index in [-0.39, 0.29) is 5.95 Å². The standard InChI is InChI=1S/C21H23N7O/c1-13-5-2-7-15-18(13)26-20(22)27-19(15)16(28-23)12-24-11-14-6-3-8-17(25-14)21(29)9-4-10-21/h2-3,5-8,12,29H,4,9-11,23H2,1H3,(H2,22,26,27). The van der Waals surface area contributed by atoms with Crippen LogP contribution in [0.25, 0.3) is 10.9 Å². The molecule has 1 aliphatic carbocycles. The van der Waals surface area contributed by atoms with E-state index in [1.165, 1.54) is 0 Å². The van der Waals surface area contributed by atoms with Crippen LogP contribution >= 0.6 is 0 Å². The number of pyridine rings is 1. The molecule has 148 valence electrons. The van der Waals surface area contributed by atoms with E-state index in [4.69, 9.17) is 11.6 Å². The predicted molar refractivity (Wildman–Crippen MR) is 114 cm³/mol. The predicted octanol–water partition coefficient (Wildman–Crippen LogP) is 2.22. The van der Waals surface area contributed by atoms with Gasteiger partial charge in [-0.25, -0.2) is 9.97 Å². The molecular weight excluding hydrogens is 366 g/mol. The molecule has 1 aromatic carbocycles. The highest BCUT2D eigenvalue weighted by Gasteiger charge is 2.37. The van der Waals surface area contributed by atoms with Crippen molar-refractivity contribution in [3.8, 4) is 0 Å². The Hall–Kier alpha value is -3.39. The zero-order valence-electron chi connectivity index (χ0n) is 16.2. The van der Waals surface area contributed by atoms with Gasteiger partial charge in [0.1, 0.15) is 17.0 Å². The van der Waals surface area contributed by atoms with Gasteiger partial charge in [-0.3, -0.25) is 9.98 Å². The Morgan fingerprint density at radius 2 is 1.97 bits per heavy atom. The van der Waals surface area contributed by atoms with Crippen molar-refractivity contribution >= 4 is 28.8 Å². The van der Waals surface area contributed by atoms with Gasteiger partial charge in [0.15, 0.2) is 0 Å². The molecule has 0 spiro atoms. The molecule has 1 saturated carbocycles. The summed E-state index contributed by atoms with van der Waals surface area (Å²) < 4.78 is 0. The summed E-state index contributed by atoms with van der Waals surface area (Å²) in [6.07, 6.45) is 4.08. The molecule has 8 heteroatoms. The SMILES string of the molecule is Cc1cccc2c(C(C=NCc3cccc(C4(O)CCC4)n3)=NN)nc(N)nc12. The van der Waals surface area contributed by atoms with Crippen molar-refractivity contribution in [1.82, 2.24) is 15.0 Å². The second kappa shape index (κ2) is 7.56. The number of nitrogen functional groups attached to an aromatic ring is 1. The Kier molecular flexibility index (Phi) is 4.94. The van der Waals surface area contributed by atoms with Gasteiger partial charge in [-0.15, -0.1) is 0 Å². The van der Waals surface area contributed by atoms with E-state index in [0.29, 0.717) is 23.6 Å². The molecule has 2 aromatic heterocycles. The van der Waals surface area contributed by atoms with Crippen LogP contribution in [-0.4, -0.2) is 32.0 Å². The minimum atomic E-state index is -0.793. The van der Waals surface area contributed by atoms with Crippen LogP contribution in [0.4, 0.5) is 5.95 Å². The van der Waals surface area contributed by atoms with E-state index in [9.17, 15) is 5.11 Å². The number of anilines is 1. The van der Waals surface area contributed by atoms with E-state index in [1.807, 2.05) is 43.3 Å². The molecular formula is C21H23N7O. The fraction of sp³-hybridized carbons (Fsp3) is 0.286. The molecule has 4 rings (SSSR count). The molecule has 5 N–H and O–H groups in total. The number of hydrogen-bond acceptors (Lipinski definition) is 8. The van der Waals surface area contributed by atoms with Gasteiger partial charge in [0.05, 0.1) is 29.7 Å². The molecule has 8 nitrogen and oxygen atoms in total. The molecule has 3 aromatic rings. The number of rotatable bonds is 5. The van der Waals surface area contributed by atoms with Crippen molar-refractivity contribution < 1.29 is 5.11 Å². The van der Waals surface area contributed by atoms with E-state index < -0.39 is 5.60 Å². The molecule has 2 heterocycles. The summed E-state index contributed by atoms with van der Waals surface area (Å²) in [5.74, 6) is 5.77. The van der Waals surface area contributed by atoms with Crippen LogP contribution in [0.15, 0.2) is 46.5 Å². The summed E-state index contributed by atoms with van der Waals surface area (Å²) in [6, 6.07) is 11.4. The Labute approximate surface area is 168 Å². The van der Waals surface area contributed by atoms with Gasteiger partial charge >= 0.3 is 0 Å². The first-order valence-electron chi connectivity index (χ1n) is 9.50. The first-order valence-corrected chi connectivity index (χ1v) is 9.50. The van der Waals surface area contributed by atoms with Crippen LogP contribution in [-0.2, 0) is 12.1 Å². The van der Waals surface area contributed by atoms with Crippen molar-refractivity contribution in [2.24, 2.45) is 15.9 Å². The smallest absolute Gasteiger partial charge is 0.221 e. The summed E-state index contributed by atoms with van der Waals surface area (Å²) in [4.78, 5) is 17.6. The van der Waals surface area contributed by atoms with Crippen molar-refractivity contribution in [2.75, 3.05) is 5.73 Å². The van der Waals surface area contributed by atoms with Crippen molar-refractivity contribution in [3.63, 3.8) is 0 Å². The zero-order valence-corrected chi connectivity index (χ0v) is 16.2. The number of hydrazone groups is 1. The summed E-state index contributed by atoms with van der Waals surface area (Å²) in [6.45, 7) is 2.29. The number of aliphatic hydroxyl groups is 1. The number of fused-ring (bicyclic) bond motifs is 1. The van der Waals surface area contributed by atoms with Crippen molar-refractivity contribution in [1.29, 1.82) is 0 Å². The van der Waals surface area contributed by atoms with Crippen molar-refractivity contribution in [2.45, 2.75) is 38.3 Å². The number of benzene rings is 1. The number of para-hydroxylation sites is 1. The molecule has 0 bridgehead atoms. The second-order valence-corrected chi connectivity index (χ2v) is 7.28.